The van der Waals surface area contributed by atoms with Crippen molar-refractivity contribution in [3.05, 3.63) is 116 Å². The van der Waals surface area contributed by atoms with Gasteiger partial charge in [-0.15, -0.1) is 22.7 Å². The maximum absolute atomic E-state index is 13.6. The van der Waals surface area contributed by atoms with Gasteiger partial charge in [-0.2, -0.15) is 0 Å². The Morgan fingerprint density at radius 1 is 0.557 bits per heavy atom. The lowest BCUT2D eigenvalue weighted by molar-refractivity contribution is -0.0826. The molecule has 6 aromatic heterocycles. The number of piperidine rings is 2. The first-order valence-electron chi connectivity index (χ1n) is 28.8. The Labute approximate surface area is 524 Å². The maximum atomic E-state index is 13.6. The zero-order valence-corrected chi connectivity index (χ0v) is 52.9. The van der Waals surface area contributed by atoms with Gasteiger partial charge in [0, 0.05) is 76.3 Å². The van der Waals surface area contributed by atoms with E-state index < -0.39 is 36.8 Å². The Morgan fingerprint density at radius 3 is 1.28 bits per heavy atom. The monoisotopic (exact) mass is 1290 g/mol. The second-order valence-corrected chi connectivity index (χ2v) is 24.8. The summed E-state index contributed by atoms with van der Waals surface area (Å²) in [5, 5.41) is 14.7. The van der Waals surface area contributed by atoms with Crippen LogP contribution in [-0.4, -0.2) is 151 Å². The number of halogens is 2. The topological polar surface area (TPSA) is 276 Å². The lowest BCUT2D eigenvalue weighted by atomic mass is 10.0. The van der Waals surface area contributed by atoms with Crippen LogP contribution in [0.4, 0.5) is 9.59 Å². The van der Waals surface area contributed by atoms with Crippen molar-refractivity contribution < 1.29 is 66.2 Å². The number of nitrogens with zero attached hydrogens (tertiary/aromatic N) is 8. The van der Waals surface area contributed by atoms with Crippen LogP contribution in [0.15, 0.2) is 81.8 Å². The van der Waals surface area contributed by atoms with Crippen molar-refractivity contribution in [2.45, 2.75) is 131 Å². The molecule has 0 spiro atoms. The third-order valence-corrected chi connectivity index (χ3v) is 17.0. The Bertz CT molecular complexity index is 3520. The Kier molecular flexibility index (Phi) is 21.6. The second-order valence-electron chi connectivity index (χ2n) is 21.3. The first-order valence-corrected chi connectivity index (χ1v) is 31.2. The van der Waals surface area contributed by atoms with Gasteiger partial charge in [0.25, 0.3) is 11.8 Å². The van der Waals surface area contributed by atoms with Gasteiger partial charge in [-0.3, -0.25) is 9.59 Å². The summed E-state index contributed by atoms with van der Waals surface area (Å²) in [7, 11) is 0. The number of imidazole rings is 2. The van der Waals surface area contributed by atoms with Gasteiger partial charge in [0.1, 0.15) is 11.4 Å². The summed E-state index contributed by atoms with van der Waals surface area (Å²) in [5.41, 5.74) is 3.55. The van der Waals surface area contributed by atoms with E-state index in [1.165, 1.54) is 48.7 Å². The molecule has 8 aromatic rings. The summed E-state index contributed by atoms with van der Waals surface area (Å²) in [4.78, 5) is 91.8. The van der Waals surface area contributed by atoms with E-state index >= 15 is 0 Å². The number of ether oxygens (including phenoxy) is 6. The molecule has 24 nitrogen and oxygen atoms in total. The van der Waals surface area contributed by atoms with Crippen molar-refractivity contribution in [1.29, 1.82) is 0 Å². The maximum Gasteiger partial charge on any atom is 0.511 e. The van der Waals surface area contributed by atoms with Crippen LogP contribution in [0.25, 0.3) is 43.3 Å². The molecule has 0 aliphatic carbocycles. The fourth-order valence-corrected chi connectivity index (χ4v) is 12.1. The van der Waals surface area contributed by atoms with Gasteiger partial charge in [0.05, 0.1) is 77.9 Å². The molecule has 468 valence electrons. The largest absolute Gasteiger partial charge is 0.511 e. The van der Waals surface area contributed by atoms with Gasteiger partial charge in [-0.1, -0.05) is 33.5 Å². The predicted molar refractivity (Wildman–Crippen MR) is 328 cm³/mol. The minimum atomic E-state index is -1.17. The summed E-state index contributed by atoms with van der Waals surface area (Å²) >= 11 is 14.9. The molecule has 2 fully saturated rings. The van der Waals surface area contributed by atoms with Crippen molar-refractivity contribution in [3.63, 3.8) is 0 Å². The quantitative estimate of drug-likeness (QED) is 0.0407. The molecule has 0 bridgehead atoms. The summed E-state index contributed by atoms with van der Waals surface area (Å²) < 4.78 is 45.6. The van der Waals surface area contributed by atoms with Crippen molar-refractivity contribution in [2.24, 2.45) is 0 Å². The van der Waals surface area contributed by atoms with Crippen LogP contribution in [0, 0.1) is 0 Å². The Morgan fingerprint density at radius 2 is 0.943 bits per heavy atom. The van der Waals surface area contributed by atoms with Crippen LogP contribution in [0.5, 0.6) is 0 Å². The van der Waals surface area contributed by atoms with Gasteiger partial charge in [0.2, 0.25) is 12.6 Å². The highest BCUT2D eigenvalue weighted by Gasteiger charge is 2.30. The van der Waals surface area contributed by atoms with Crippen LogP contribution < -0.4 is 10.6 Å². The molecule has 2 aromatic carbocycles. The number of amides is 2. The smallest absolute Gasteiger partial charge is 0.435 e. The van der Waals surface area contributed by atoms with Gasteiger partial charge in [-0.25, -0.2) is 29.1 Å². The highest BCUT2D eigenvalue weighted by atomic mass is 35.5. The molecule has 88 heavy (non-hydrogen) atoms. The molecular weight excluding hydrogens is 1220 g/mol. The average molecular weight is 1290 g/mol. The number of hydrogen-bond donors (Lipinski definition) is 2. The Hall–Kier alpha value is -7.88. The van der Waals surface area contributed by atoms with Crippen molar-refractivity contribution in [2.75, 3.05) is 39.4 Å². The molecule has 2 amide bonds. The number of nitrogens with one attached hydrogen (secondary N) is 2. The van der Waals surface area contributed by atoms with Crippen molar-refractivity contribution in [3.8, 4) is 21.3 Å². The molecule has 0 saturated carbocycles. The van der Waals surface area contributed by atoms with E-state index in [4.69, 9.17) is 60.7 Å². The third kappa shape index (κ3) is 16.4. The van der Waals surface area contributed by atoms with Crippen molar-refractivity contribution >= 4 is 104 Å². The summed E-state index contributed by atoms with van der Waals surface area (Å²) in [5.74, 6) is -0.605. The molecule has 10 rings (SSSR count). The first-order chi connectivity index (χ1) is 42.2. The predicted octanol–water partition coefficient (Wildman–Crippen LogP) is 11.5. The van der Waals surface area contributed by atoms with Gasteiger partial charge >= 0.3 is 24.2 Å². The summed E-state index contributed by atoms with van der Waals surface area (Å²) in [6.07, 6.45) is -0.874. The highest BCUT2D eigenvalue weighted by Crippen LogP contribution is 2.34. The number of esters is 2. The Balaban J connectivity index is 0.000000209. The number of fused-ring (bicyclic) bond motifs is 2. The van der Waals surface area contributed by atoms with E-state index in [0.717, 1.165) is 61.6 Å². The molecule has 2 saturated heterocycles. The molecule has 2 atom stereocenters. The van der Waals surface area contributed by atoms with Crippen LogP contribution in [0.3, 0.4) is 0 Å². The fraction of sp³-hybridized carbons (Fsp3) is 0.433. The zero-order chi connectivity index (χ0) is 62.8. The number of carbonyl (C=O) groups excluding carboxylic acids is 6. The van der Waals surface area contributed by atoms with E-state index in [1.54, 1.807) is 71.5 Å². The number of aromatic nitrogens is 6. The number of carbonyl (C=O) groups is 6. The van der Waals surface area contributed by atoms with Crippen molar-refractivity contribution in [1.82, 2.24) is 49.8 Å². The standard InChI is InChI=1S/2C30H34ClN5O7S/c2*1-5-40-30(39)42-18(4)41-29(38)19-6-7-23-22(14-19)33-27(28(37)32-20-10-12-35(13-11-20)17(2)3)36(23)16-21-15-24(43-34-21)25-8-9-26(31)44-25/h2*6-9,14-15,17-18,20H,5,10-13,16H2,1-4H3,(H,32,37). The van der Waals surface area contributed by atoms with E-state index in [2.05, 4.69) is 68.4 Å². The first kappa shape index (κ1) is 64.6. The minimum absolute atomic E-state index is 0.0133. The molecular formula is C60H68Cl2N10O14S2. The second kappa shape index (κ2) is 29.4. The molecule has 28 heteroatoms. The van der Waals surface area contributed by atoms with Crippen LogP contribution in [0.2, 0.25) is 8.67 Å². The van der Waals surface area contributed by atoms with Gasteiger partial charge in [-0.05, 0) is 128 Å². The van der Waals surface area contributed by atoms with E-state index in [-0.39, 0.29) is 73.0 Å². The third-order valence-electron chi connectivity index (χ3n) is 14.5. The lowest BCUT2D eigenvalue weighted by Gasteiger charge is -2.34. The average Bonchev–Trinajstić information content (AvgIpc) is 2.59. The molecule has 2 aliphatic heterocycles. The highest BCUT2D eigenvalue weighted by molar-refractivity contribution is 7.19. The SMILES string of the molecule is CCOC(=O)OC(C)OC(=O)c1ccc2c(c1)nc(C(=O)NC1CCN(C(C)C)CC1)n2Cc1cc(-c2ccc(Cl)s2)on1.CCOC(=O)OC(C)OC(=O)c1ccc2c(c1)nc(C(=O)NC1CCN(C(C)C)CC1)n2Cc1cc(-c2ccc(Cl)s2)on1. The number of thiophene rings is 2. The summed E-state index contributed by atoms with van der Waals surface area (Å²) in [6.45, 7) is 19.0. The van der Waals surface area contributed by atoms with Crippen LogP contribution in [0.1, 0.15) is 134 Å². The lowest BCUT2D eigenvalue weighted by Crippen LogP contribution is -2.47. The molecule has 2 unspecified atom stereocenters. The van der Waals surface area contributed by atoms with Gasteiger partial charge < -0.3 is 67.0 Å². The van der Waals surface area contributed by atoms with E-state index in [9.17, 15) is 28.8 Å². The molecule has 2 aliphatic rings. The van der Waals surface area contributed by atoms with E-state index in [1.807, 2.05) is 12.1 Å². The van der Waals surface area contributed by atoms with E-state index in [0.29, 0.717) is 65.7 Å². The minimum Gasteiger partial charge on any atom is -0.435 e. The number of likely N-dealkylation sites (tertiary alicyclic amines) is 2. The molecule has 0 radical (unpaired) electrons. The molecule has 8 heterocycles. The molecule has 2 N–H and O–H groups in total. The number of benzene rings is 2. The van der Waals surface area contributed by atoms with Crippen LogP contribution in [-0.2, 0) is 41.5 Å². The fourth-order valence-electron chi connectivity index (χ4n) is 10.1. The number of rotatable bonds is 20. The van der Waals surface area contributed by atoms with Gasteiger partial charge in [0.15, 0.2) is 23.2 Å². The zero-order valence-electron chi connectivity index (χ0n) is 49.7. The normalized spacial score (nSPS) is 15.0. The summed E-state index contributed by atoms with van der Waals surface area (Å²) in [6, 6.07) is 21.4. The van der Waals surface area contributed by atoms with Crippen LogP contribution >= 0.6 is 45.9 Å². The number of hydrogen-bond acceptors (Lipinski definition) is 22.